The van der Waals surface area contributed by atoms with Crippen LogP contribution in [0.2, 0.25) is 0 Å². The summed E-state index contributed by atoms with van der Waals surface area (Å²) >= 11 is 0. The summed E-state index contributed by atoms with van der Waals surface area (Å²) in [7, 11) is -3.73. The minimum Gasteiger partial charge on any atom is -0.304 e. The van der Waals surface area contributed by atoms with E-state index in [4.69, 9.17) is 0 Å². The largest absolute Gasteiger partial charge is 0.416 e. The number of alkyl halides is 3. The van der Waals surface area contributed by atoms with Gasteiger partial charge < -0.3 is 9.34 Å². The third kappa shape index (κ3) is 4.46. The molecule has 0 saturated carbocycles. The van der Waals surface area contributed by atoms with E-state index in [0.29, 0.717) is 24.5 Å². The predicted molar refractivity (Wildman–Crippen MR) is 121 cm³/mol. The number of hydrogen-bond donors (Lipinski definition) is 0. The van der Waals surface area contributed by atoms with Crippen LogP contribution in [-0.4, -0.2) is 24.6 Å². The summed E-state index contributed by atoms with van der Waals surface area (Å²) in [5, 5.41) is 11.7. The molecule has 0 spiro atoms. The molecular weight excluding hydrogens is 454 g/mol. The van der Waals surface area contributed by atoms with Crippen LogP contribution in [0.1, 0.15) is 16.8 Å². The first-order chi connectivity index (χ1) is 15.7. The van der Waals surface area contributed by atoms with Crippen LogP contribution in [0.25, 0.3) is 0 Å². The Hall–Kier alpha value is -3.32. The Morgan fingerprint density at radius 1 is 0.848 bits per heavy atom. The molecule has 0 amide bonds. The molecule has 0 aliphatic carbocycles. The minimum absolute atomic E-state index is 0.229. The van der Waals surface area contributed by atoms with Crippen molar-refractivity contribution in [1.82, 2.24) is 0 Å². The average molecular weight is 475 g/mol. The molecule has 172 valence electrons. The van der Waals surface area contributed by atoms with Gasteiger partial charge in [0.1, 0.15) is 5.66 Å². The molecule has 1 aliphatic rings. The molecule has 1 atom stereocenters. The maximum absolute atomic E-state index is 14.9. The van der Waals surface area contributed by atoms with Gasteiger partial charge in [-0.25, -0.2) is 0 Å². The summed E-state index contributed by atoms with van der Waals surface area (Å²) in [5.41, 5.74) is -0.501. The molecule has 10 heteroatoms. The molecule has 1 aliphatic heterocycles. The van der Waals surface area contributed by atoms with Gasteiger partial charge in [0.15, 0.2) is 0 Å². The Balaban J connectivity index is 1.87. The molecule has 1 heterocycles. The number of para-hydroxylation sites is 2. The molecule has 3 aromatic carbocycles. The number of rotatable bonds is 6. The van der Waals surface area contributed by atoms with E-state index in [1.165, 1.54) is 12.1 Å². The van der Waals surface area contributed by atoms with E-state index in [0.717, 1.165) is 12.1 Å². The van der Waals surface area contributed by atoms with E-state index in [-0.39, 0.29) is 5.56 Å². The van der Waals surface area contributed by atoms with Gasteiger partial charge in [0.05, 0.1) is 5.56 Å². The molecule has 1 fully saturated rings. The third-order valence-corrected chi connectivity index (χ3v) is 9.19. The van der Waals surface area contributed by atoms with Crippen molar-refractivity contribution in [3.63, 3.8) is 0 Å². The zero-order chi connectivity index (χ0) is 23.6. The van der Waals surface area contributed by atoms with Crippen LogP contribution in [0.3, 0.4) is 0 Å². The fourth-order valence-corrected chi connectivity index (χ4v) is 7.69. The zero-order valence-corrected chi connectivity index (χ0v) is 18.3. The smallest absolute Gasteiger partial charge is 0.304 e. The zero-order valence-electron chi connectivity index (χ0n) is 17.4. The van der Waals surface area contributed by atoms with E-state index in [1.807, 2.05) is 12.1 Å². The Kier molecular flexibility index (Phi) is 6.17. The van der Waals surface area contributed by atoms with Gasteiger partial charge in [-0.3, -0.25) is 14.7 Å². The highest BCUT2D eigenvalue weighted by molar-refractivity contribution is 7.68. The van der Waals surface area contributed by atoms with E-state index in [9.17, 15) is 27.9 Å². The van der Waals surface area contributed by atoms with Crippen molar-refractivity contribution < 1.29 is 22.7 Å². The summed E-state index contributed by atoms with van der Waals surface area (Å²) < 4.78 is 57.5. The van der Waals surface area contributed by atoms with Crippen LogP contribution in [0, 0.1) is 10.1 Å². The second-order valence-electron chi connectivity index (χ2n) is 7.66. The van der Waals surface area contributed by atoms with Gasteiger partial charge in [0.25, 0.3) is 7.44 Å². The Morgan fingerprint density at radius 3 is 1.70 bits per heavy atom. The molecule has 1 saturated heterocycles. The Labute approximate surface area is 188 Å². The maximum Gasteiger partial charge on any atom is 0.416 e. The number of halogens is 3. The molecule has 3 aromatic rings. The second-order valence-corrected chi connectivity index (χ2v) is 10.4. The van der Waals surface area contributed by atoms with E-state index < -0.39 is 36.3 Å². The van der Waals surface area contributed by atoms with Crippen LogP contribution < -0.4 is 9.34 Å². The molecule has 0 aromatic heterocycles. The molecule has 0 radical (unpaired) electrons. The predicted octanol–water partition coefficient (Wildman–Crippen LogP) is 6.24. The lowest BCUT2D eigenvalue weighted by Gasteiger charge is -2.36. The summed E-state index contributed by atoms with van der Waals surface area (Å²) in [6, 6.07) is 22.0. The van der Waals surface area contributed by atoms with Gasteiger partial charge in [0, 0.05) is 29.4 Å². The molecule has 0 bridgehead atoms. The molecular formula is C23H21F3N3O3P. The second kappa shape index (κ2) is 8.90. The normalized spacial score (nSPS) is 16.6. The van der Waals surface area contributed by atoms with Gasteiger partial charge in [-0.15, -0.1) is 0 Å². The topological polar surface area (TPSA) is 66.7 Å². The van der Waals surface area contributed by atoms with Crippen LogP contribution in [0.4, 0.5) is 24.5 Å². The van der Waals surface area contributed by atoms with E-state index >= 15 is 0 Å². The van der Waals surface area contributed by atoms with E-state index in [2.05, 4.69) is 0 Å². The Morgan fingerprint density at radius 2 is 1.30 bits per heavy atom. The average Bonchev–Trinajstić information content (AvgIpc) is 3.16. The fraction of sp³-hybridized carbons (Fsp3) is 0.217. The fourth-order valence-electron chi connectivity index (χ4n) is 4.17. The highest BCUT2D eigenvalue weighted by Gasteiger charge is 2.52. The standard InChI is InChI=1S/C23H21F3N3O3P/c24-23(25,26)19-13-11-18(12-14-19)22(17-29(30)31)33(32)27(20-7-3-1-4-8-20)15-16-28(33)21-9-5-2-6-10-21/h1-14,22H,15-17H2. The van der Waals surface area contributed by atoms with Crippen molar-refractivity contribution >= 4 is 18.8 Å². The lowest BCUT2D eigenvalue weighted by atomic mass is 10.1. The third-order valence-electron chi connectivity index (χ3n) is 5.67. The Bertz CT molecular complexity index is 1110. The van der Waals surface area contributed by atoms with Crippen molar-refractivity contribution in [3.8, 4) is 0 Å². The van der Waals surface area contributed by atoms with Crippen LogP contribution in [0.5, 0.6) is 0 Å². The lowest BCUT2D eigenvalue weighted by molar-refractivity contribution is -0.480. The van der Waals surface area contributed by atoms with Crippen molar-refractivity contribution in [1.29, 1.82) is 0 Å². The number of anilines is 2. The van der Waals surface area contributed by atoms with Gasteiger partial charge >= 0.3 is 6.18 Å². The van der Waals surface area contributed by atoms with Crippen molar-refractivity contribution in [3.05, 3.63) is 106 Å². The summed E-state index contributed by atoms with van der Waals surface area (Å²) in [4.78, 5) is 11.1. The number of benzene rings is 3. The van der Waals surface area contributed by atoms with Gasteiger partial charge in [-0.05, 0) is 42.0 Å². The van der Waals surface area contributed by atoms with Gasteiger partial charge in [0.2, 0.25) is 6.54 Å². The van der Waals surface area contributed by atoms with Crippen LogP contribution >= 0.6 is 7.44 Å². The number of nitrogens with zero attached hydrogens (tertiary/aromatic N) is 3. The van der Waals surface area contributed by atoms with Gasteiger partial charge in [-0.2, -0.15) is 13.2 Å². The maximum atomic E-state index is 14.9. The molecule has 6 nitrogen and oxygen atoms in total. The molecule has 0 N–H and O–H groups in total. The van der Waals surface area contributed by atoms with Crippen LogP contribution in [0.15, 0.2) is 84.9 Å². The minimum atomic E-state index is -4.54. The van der Waals surface area contributed by atoms with Crippen molar-refractivity contribution in [2.75, 3.05) is 29.0 Å². The van der Waals surface area contributed by atoms with Crippen molar-refractivity contribution in [2.24, 2.45) is 0 Å². The first kappa shape index (κ1) is 22.9. The quantitative estimate of drug-likeness (QED) is 0.240. The lowest BCUT2D eigenvalue weighted by Crippen LogP contribution is -2.27. The SMILES string of the molecule is O=[N+]([O-])CC(c1ccc(C(F)(F)F)cc1)P1(=O)N(c2ccccc2)CCN1c1ccccc1. The van der Waals surface area contributed by atoms with Crippen LogP contribution in [-0.2, 0) is 10.7 Å². The molecule has 33 heavy (non-hydrogen) atoms. The van der Waals surface area contributed by atoms with E-state index in [1.54, 1.807) is 57.9 Å². The summed E-state index contributed by atoms with van der Waals surface area (Å²) in [6.07, 6.45) is -4.54. The molecule has 4 rings (SSSR count). The number of hydrogen-bond acceptors (Lipinski definition) is 3. The van der Waals surface area contributed by atoms with Crippen molar-refractivity contribution in [2.45, 2.75) is 11.8 Å². The highest BCUT2D eigenvalue weighted by Crippen LogP contribution is 2.68. The molecule has 1 unspecified atom stereocenters. The first-order valence-corrected chi connectivity index (χ1v) is 11.9. The summed E-state index contributed by atoms with van der Waals surface area (Å²) in [6.45, 7) is 0.0192. The summed E-state index contributed by atoms with van der Waals surface area (Å²) in [5.74, 6) is 0. The monoisotopic (exact) mass is 475 g/mol. The highest BCUT2D eigenvalue weighted by atomic mass is 31.2. The van der Waals surface area contributed by atoms with Gasteiger partial charge in [-0.1, -0.05) is 48.5 Å². The first-order valence-electron chi connectivity index (χ1n) is 10.3. The number of nitro groups is 1.